The Morgan fingerprint density at radius 1 is 1.12 bits per heavy atom. The van der Waals surface area contributed by atoms with E-state index in [4.69, 9.17) is 5.11 Å². The first-order valence-electron chi connectivity index (χ1n) is 5.74. The van der Waals surface area contributed by atoms with Gasteiger partial charge in [-0.05, 0) is 44.7 Å². The zero-order chi connectivity index (χ0) is 12.8. The number of benzene rings is 1. The van der Waals surface area contributed by atoms with E-state index in [0.29, 0.717) is 18.4 Å². The SMILES string of the molecule is Cc1cc(C)c(C(=O)C2(C(=O)O)CC2)c(C)c1. The average Bonchev–Trinajstić information content (AvgIpc) is 2.95. The Kier molecular flexibility index (Phi) is 2.57. The van der Waals surface area contributed by atoms with Gasteiger partial charge in [-0.15, -0.1) is 0 Å². The van der Waals surface area contributed by atoms with Gasteiger partial charge in [-0.1, -0.05) is 17.7 Å². The largest absolute Gasteiger partial charge is 0.480 e. The fourth-order valence-electron chi connectivity index (χ4n) is 2.44. The van der Waals surface area contributed by atoms with E-state index < -0.39 is 11.4 Å². The molecule has 0 radical (unpaired) electrons. The third-order valence-corrected chi connectivity index (χ3v) is 3.50. The first-order chi connectivity index (χ1) is 7.88. The van der Waals surface area contributed by atoms with Gasteiger partial charge in [-0.3, -0.25) is 9.59 Å². The van der Waals surface area contributed by atoms with E-state index in [1.165, 1.54) is 0 Å². The van der Waals surface area contributed by atoms with Crippen molar-refractivity contribution in [1.82, 2.24) is 0 Å². The fraction of sp³-hybridized carbons (Fsp3) is 0.429. The molecule has 0 amide bonds. The highest BCUT2D eigenvalue weighted by atomic mass is 16.4. The highest BCUT2D eigenvalue weighted by molar-refractivity contribution is 6.15. The second kappa shape index (κ2) is 3.69. The van der Waals surface area contributed by atoms with Crippen LogP contribution < -0.4 is 0 Å². The fourth-order valence-corrected chi connectivity index (χ4v) is 2.44. The monoisotopic (exact) mass is 232 g/mol. The summed E-state index contributed by atoms with van der Waals surface area (Å²) in [5, 5.41) is 9.15. The van der Waals surface area contributed by atoms with Crippen LogP contribution in [0.25, 0.3) is 0 Å². The van der Waals surface area contributed by atoms with Crippen LogP contribution in [-0.4, -0.2) is 16.9 Å². The molecule has 1 aromatic rings. The number of rotatable bonds is 3. The van der Waals surface area contributed by atoms with E-state index in [2.05, 4.69) is 0 Å². The standard InChI is InChI=1S/C14H16O3/c1-8-6-9(2)11(10(3)7-8)12(15)14(4-5-14)13(16)17/h6-7H,4-5H2,1-3H3,(H,16,17). The van der Waals surface area contributed by atoms with Gasteiger partial charge in [0.2, 0.25) is 0 Å². The topological polar surface area (TPSA) is 54.4 Å². The van der Waals surface area contributed by atoms with E-state index >= 15 is 0 Å². The van der Waals surface area contributed by atoms with Crippen molar-refractivity contribution >= 4 is 11.8 Å². The zero-order valence-corrected chi connectivity index (χ0v) is 10.3. The van der Waals surface area contributed by atoms with E-state index in [1.807, 2.05) is 32.9 Å². The summed E-state index contributed by atoms with van der Waals surface area (Å²) in [4.78, 5) is 23.5. The van der Waals surface area contributed by atoms with Crippen LogP contribution in [-0.2, 0) is 4.79 Å². The van der Waals surface area contributed by atoms with E-state index in [1.54, 1.807) is 0 Å². The number of ketones is 1. The van der Waals surface area contributed by atoms with E-state index in [0.717, 1.165) is 16.7 Å². The van der Waals surface area contributed by atoms with Crippen molar-refractivity contribution in [2.45, 2.75) is 33.6 Å². The molecule has 0 atom stereocenters. The second-order valence-electron chi connectivity index (χ2n) is 4.99. The second-order valence-corrected chi connectivity index (χ2v) is 4.99. The summed E-state index contributed by atoms with van der Waals surface area (Å²) in [7, 11) is 0. The number of Topliss-reactive ketones (excluding diaryl/α,β-unsaturated/α-hetero) is 1. The highest BCUT2D eigenvalue weighted by Crippen LogP contribution is 2.49. The Hall–Kier alpha value is -1.64. The Morgan fingerprint density at radius 2 is 1.59 bits per heavy atom. The summed E-state index contributed by atoms with van der Waals surface area (Å²) >= 11 is 0. The molecule has 0 unspecified atom stereocenters. The van der Waals surface area contributed by atoms with Crippen molar-refractivity contribution in [1.29, 1.82) is 0 Å². The Labute approximate surface area is 100 Å². The Bertz CT molecular complexity index is 487. The molecule has 0 heterocycles. The molecular weight excluding hydrogens is 216 g/mol. The van der Waals surface area contributed by atoms with E-state index in [9.17, 15) is 9.59 Å². The molecule has 1 saturated carbocycles. The first kappa shape index (κ1) is 11.8. The van der Waals surface area contributed by atoms with Crippen LogP contribution in [0, 0.1) is 26.2 Å². The lowest BCUT2D eigenvalue weighted by molar-refractivity contribution is -0.141. The van der Waals surface area contributed by atoms with Crippen LogP contribution in [0.2, 0.25) is 0 Å². The summed E-state index contributed by atoms with van der Waals surface area (Å²) in [6, 6.07) is 3.86. The molecule has 0 spiro atoms. The predicted molar refractivity (Wildman–Crippen MR) is 64.3 cm³/mol. The third-order valence-electron chi connectivity index (χ3n) is 3.50. The molecule has 3 nitrogen and oxygen atoms in total. The molecule has 2 rings (SSSR count). The third kappa shape index (κ3) is 1.75. The molecular formula is C14H16O3. The molecule has 1 aliphatic rings. The Balaban J connectivity index is 2.49. The minimum absolute atomic E-state index is 0.222. The van der Waals surface area contributed by atoms with Gasteiger partial charge in [0.15, 0.2) is 5.78 Å². The maximum Gasteiger partial charge on any atom is 0.317 e. The van der Waals surface area contributed by atoms with Crippen molar-refractivity contribution in [3.8, 4) is 0 Å². The van der Waals surface area contributed by atoms with Gasteiger partial charge in [-0.2, -0.15) is 0 Å². The number of aryl methyl sites for hydroxylation is 3. The van der Waals surface area contributed by atoms with Crippen molar-refractivity contribution < 1.29 is 14.7 Å². The van der Waals surface area contributed by atoms with Gasteiger partial charge >= 0.3 is 5.97 Å². The number of carboxylic acid groups (broad SMARTS) is 1. The maximum atomic E-state index is 12.3. The van der Waals surface area contributed by atoms with Crippen molar-refractivity contribution in [3.63, 3.8) is 0 Å². The lowest BCUT2D eigenvalue weighted by Crippen LogP contribution is -2.27. The quantitative estimate of drug-likeness (QED) is 0.644. The summed E-state index contributed by atoms with van der Waals surface area (Å²) in [5.41, 5.74) is 2.30. The van der Waals surface area contributed by atoms with Gasteiger partial charge in [0.1, 0.15) is 5.41 Å². The van der Waals surface area contributed by atoms with E-state index in [-0.39, 0.29) is 5.78 Å². The van der Waals surface area contributed by atoms with Gasteiger partial charge in [0.05, 0.1) is 0 Å². The van der Waals surface area contributed by atoms with Crippen molar-refractivity contribution in [3.05, 3.63) is 34.4 Å². The molecule has 0 saturated heterocycles. The maximum absolute atomic E-state index is 12.3. The molecule has 3 heteroatoms. The van der Waals surface area contributed by atoms with Gasteiger partial charge in [0, 0.05) is 5.56 Å². The molecule has 0 aliphatic heterocycles. The molecule has 1 fully saturated rings. The first-order valence-corrected chi connectivity index (χ1v) is 5.74. The van der Waals surface area contributed by atoms with Crippen LogP contribution in [0.15, 0.2) is 12.1 Å². The molecule has 1 aromatic carbocycles. The van der Waals surface area contributed by atoms with Crippen LogP contribution in [0.4, 0.5) is 0 Å². The van der Waals surface area contributed by atoms with Crippen LogP contribution in [0.1, 0.15) is 39.9 Å². The minimum atomic E-state index is -1.13. The molecule has 0 bridgehead atoms. The van der Waals surface area contributed by atoms with Gasteiger partial charge in [0.25, 0.3) is 0 Å². The minimum Gasteiger partial charge on any atom is -0.480 e. The highest BCUT2D eigenvalue weighted by Gasteiger charge is 2.57. The summed E-state index contributed by atoms with van der Waals surface area (Å²) in [6.07, 6.45) is 0.932. The smallest absolute Gasteiger partial charge is 0.317 e. The lowest BCUT2D eigenvalue weighted by Gasteiger charge is -2.14. The van der Waals surface area contributed by atoms with Crippen molar-refractivity contribution in [2.24, 2.45) is 5.41 Å². The zero-order valence-electron chi connectivity index (χ0n) is 10.3. The number of aliphatic carboxylic acids is 1. The normalized spacial score (nSPS) is 16.6. The van der Waals surface area contributed by atoms with Crippen LogP contribution in [0.5, 0.6) is 0 Å². The summed E-state index contributed by atoms with van der Waals surface area (Å²) in [5.74, 6) is -1.21. The Morgan fingerprint density at radius 3 is 1.94 bits per heavy atom. The number of carbonyl (C=O) groups excluding carboxylic acids is 1. The summed E-state index contributed by atoms with van der Waals surface area (Å²) in [6.45, 7) is 5.70. The van der Waals surface area contributed by atoms with Gasteiger partial charge in [-0.25, -0.2) is 0 Å². The number of hydrogen-bond donors (Lipinski definition) is 1. The number of carboxylic acids is 1. The summed E-state index contributed by atoms with van der Waals surface area (Å²) < 4.78 is 0. The molecule has 0 aromatic heterocycles. The molecule has 1 aliphatic carbocycles. The average molecular weight is 232 g/mol. The lowest BCUT2D eigenvalue weighted by atomic mass is 9.88. The predicted octanol–water partition coefficient (Wildman–Crippen LogP) is 2.66. The molecule has 17 heavy (non-hydrogen) atoms. The van der Waals surface area contributed by atoms with Crippen LogP contribution in [0.3, 0.4) is 0 Å². The molecule has 1 N–H and O–H groups in total. The molecule has 90 valence electrons. The van der Waals surface area contributed by atoms with Crippen molar-refractivity contribution in [2.75, 3.05) is 0 Å². The number of carbonyl (C=O) groups is 2. The van der Waals surface area contributed by atoms with Crippen LogP contribution >= 0.6 is 0 Å². The van der Waals surface area contributed by atoms with Gasteiger partial charge < -0.3 is 5.11 Å². The number of hydrogen-bond acceptors (Lipinski definition) is 2.